The second-order valence-electron chi connectivity index (χ2n) is 5.89. The summed E-state index contributed by atoms with van der Waals surface area (Å²) in [6.45, 7) is 6.11. The third kappa shape index (κ3) is 4.04. The molecule has 9 heteroatoms. The number of ether oxygens (including phenoxy) is 1. The fourth-order valence-corrected chi connectivity index (χ4v) is 3.85. The Bertz CT molecular complexity index is 935. The number of hydrogen-bond acceptors (Lipinski definition) is 8. The van der Waals surface area contributed by atoms with Crippen molar-refractivity contribution in [2.24, 2.45) is 0 Å². The average Bonchev–Trinajstić information content (AvgIpc) is 3.23. The van der Waals surface area contributed by atoms with Gasteiger partial charge in [0.2, 0.25) is 5.16 Å². The summed E-state index contributed by atoms with van der Waals surface area (Å²) in [6.07, 6.45) is 4.08. The van der Waals surface area contributed by atoms with Crippen molar-refractivity contribution >= 4 is 34.8 Å². The normalized spacial score (nSPS) is 11.2. The summed E-state index contributed by atoms with van der Waals surface area (Å²) in [5.41, 5.74) is 3.25. The predicted molar refractivity (Wildman–Crippen MR) is 102 cm³/mol. The molecule has 7 nitrogen and oxygen atoms in total. The van der Waals surface area contributed by atoms with E-state index in [1.807, 2.05) is 25.5 Å². The second-order valence-corrected chi connectivity index (χ2v) is 7.61. The van der Waals surface area contributed by atoms with Crippen molar-refractivity contribution in [1.82, 2.24) is 24.6 Å². The molecule has 0 atom stereocenters. The molecule has 0 aromatic carbocycles. The molecule has 0 bridgehead atoms. The molecule has 0 saturated heterocycles. The molecule has 0 saturated carbocycles. The standard InChI is InChI=1S/C17H21N5O2S2/c1-5-6-14-19-12(9-26-14)8-24-15(23)7-13-10(2)18-16-20-17(25-4)21-22(16)11(13)3/h9H,5-8H2,1-4H3. The van der Waals surface area contributed by atoms with Gasteiger partial charge < -0.3 is 4.74 Å². The minimum atomic E-state index is -0.299. The molecule has 0 aliphatic carbocycles. The summed E-state index contributed by atoms with van der Waals surface area (Å²) >= 11 is 3.07. The Kier molecular flexibility index (Phi) is 5.87. The van der Waals surface area contributed by atoms with Gasteiger partial charge in [-0.25, -0.2) is 14.5 Å². The SMILES string of the molecule is CCCc1nc(COC(=O)Cc2c(C)nc3nc(SC)nn3c2C)cs1. The van der Waals surface area contributed by atoms with Crippen molar-refractivity contribution in [3.63, 3.8) is 0 Å². The van der Waals surface area contributed by atoms with Gasteiger partial charge in [-0.15, -0.1) is 16.4 Å². The molecule has 0 aliphatic heterocycles. The summed E-state index contributed by atoms with van der Waals surface area (Å²) < 4.78 is 7.08. The van der Waals surface area contributed by atoms with Crippen molar-refractivity contribution in [3.8, 4) is 0 Å². The second kappa shape index (κ2) is 8.13. The van der Waals surface area contributed by atoms with Gasteiger partial charge in [-0.2, -0.15) is 4.98 Å². The van der Waals surface area contributed by atoms with Crippen molar-refractivity contribution in [2.45, 2.75) is 51.8 Å². The van der Waals surface area contributed by atoms with Crippen molar-refractivity contribution in [3.05, 3.63) is 33.0 Å². The predicted octanol–water partition coefficient (Wildman–Crippen LogP) is 3.16. The molecule has 3 aromatic rings. The highest BCUT2D eigenvalue weighted by Gasteiger charge is 2.17. The van der Waals surface area contributed by atoms with Crippen LogP contribution in [-0.2, 0) is 29.0 Å². The number of esters is 1. The molecule has 3 heterocycles. The number of rotatable bonds is 7. The Morgan fingerprint density at radius 1 is 1.31 bits per heavy atom. The van der Waals surface area contributed by atoms with Gasteiger partial charge in [0.15, 0.2) is 0 Å². The third-order valence-corrected chi connectivity index (χ3v) is 5.47. The lowest BCUT2D eigenvalue weighted by atomic mass is 10.1. The Morgan fingerprint density at radius 3 is 2.85 bits per heavy atom. The highest BCUT2D eigenvalue weighted by atomic mass is 32.2. The maximum Gasteiger partial charge on any atom is 0.310 e. The molecule has 0 fully saturated rings. The van der Waals surface area contributed by atoms with E-state index in [9.17, 15) is 4.79 Å². The summed E-state index contributed by atoms with van der Waals surface area (Å²) in [5.74, 6) is 0.250. The number of hydrogen-bond donors (Lipinski definition) is 0. The van der Waals surface area contributed by atoms with E-state index in [0.29, 0.717) is 10.9 Å². The van der Waals surface area contributed by atoms with Crippen LogP contribution >= 0.6 is 23.1 Å². The Hall–Kier alpha value is -2.00. The van der Waals surface area contributed by atoms with Gasteiger partial charge in [-0.3, -0.25) is 4.79 Å². The Balaban J connectivity index is 1.70. The number of thioether (sulfide) groups is 1. The molecular weight excluding hydrogens is 370 g/mol. The van der Waals surface area contributed by atoms with E-state index in [1.165, 1.54) is 11.8 Å². The average molecular weight is 392 g/mol. The van der Waals surface area contributed by atoms with Crippen molar-refractivity contribution in [2.75, 3.05) is 6.26 Å². The molecule has 0 aliphatic rings. The summed E-state index contributed by atoms with van der Waals surface area (Å²) in [4.78, 5) is 25.6. The van der Waals surface area contributed by atoms with Crippen LogP contribution in [0.25, 0.3) is 5.78 Å². The quantitative estimate of drug-likeness (QED) is 0.452. The van der Waals surface area contributed by atoms with Crippen LogP contribution in [-0.4, -0.2) is 36.8 Å². The van der Waals surface area contributed by atoms with E-state index < -0.39 is 0 Å². The maximum atomic E-state index is 12.3. The topological polar surface area (TPSA) is 82.3 Å². The minimum absolute atomic E-state index is 0.154. The van der Waals surface area contributed by atoms with Gasteiger partial charge in [-0.05, 0) is 32.9 Å². The van der Waals surface area contributed by atoms with E-state index >= 15 is 0 Å². The molecule has 0 spiro atoms. The van der Waals surface area contributed by atoms with Gasteiger partial charge in [0, 0.05) is 22.3 Å². The number of aryl methyl sites for hydroxylation is 3. The van der Waals surface area contributed by atoms with Gasteiger partial charge in [-0.1, -0.05) is 18.7 Å². The zero-order valence-corrected chi connectivity index (χ0v) is 16.9. The lowest BCUT2D eigenvalue weighted by molar-refractivity contribution is -0.144. The minimum Gasteiger partial charge on any atom is -0.459 e. The van der Waals surface area contributed by atoms with Crippen LogP contribution in [0.1, 0.15) is 41.0 Å². The number of nitrogens with zero attached hydrogens (tertiary/aromatic N) is 5. The fourth-order valence-electron chi connectivity index (χ4n) is 2.63. The molecule has 0 radical (unpaired) electrons. The van der Waals surface area contributed by atoms with Crippen LogP contribution in [0, 0.1) is 13.8 Å². The molecule has 3 rings (SSSR count). The van der Waals surface area contributed by atoms with E-state index in [1.54, 1.807) is 15.9 Å². The highest BCUT2D eigenvalue weighted by Crippen LogP contribution is 2.18. The monoisotopic (exact) mass is 391 g/mol. The van der Waals surface area contributed by atoms with Crippen molar-refractivity contribution < 1.29 is 9.53 Å². The molecule has 0 unspecified atom stereocenters. The highest BCUT2D eigenvalue weighted by molar-refractivity contribution is 7.98. The molecule has 3 aromatic heterocycles. The lowest BCUT2D eigenvalue weighted by Gasteiger charge is -2.10. The summed E-state index contributed by atoms with van der Waals surface area (Å²) in [6, 6.07) is 0. The van der Waals surface area contributed by atoms with Crippen LogP contribution in [0.15, 0.2) is 10.5 Å². The summed E-state index contributed by atoms with van der Waals surface area (Å²) in [5, 5.41) is 8.08. The summed E-state index contributed by atoms with van der Waals surface area (Å²) in [7, 11) is 0. The van der Waals surface area contributed by atoms with Gasteiger partial charge >= 0.3 is 5.97 Å². The van der Waals surface area contributed by atoms with Crippen LogP contribution in [0.2, 0.25) is 0 Å². The molecule has 26 heavy (non-hydrogen) atoms. The zero-order chi connectivity index (χ0) is 18.7. The lowest BCUT2D eigenvalue weighted by Crippen LogP contribution is -2.13. The van der Waals surface area contributed by atoms with Crippen LogP contribution in [0.4, 0.5) is 0 Å². The van der Waals surface area contributed by atoms with E-state index in [4.69, 9.17) is 4.74 Å². The third-order valence-electron chi connectivity index (χ3n) is 3.98. The van der Waals surface area contributed by atoms with Crippen LogP contribution < -0.4 is 0 Å². The zero-order valence-electron chi connectivity index (χ0n) is 15.3. The number of aromatic nitrogens is 5. The fraction of sp³-hybridized carbons (Fsp3) is 0.471. The molecule has 138 valence electrons. The first-order valence-electron chi connectivity index (χ1n) is 8.37. The number of thiazole rings is 1. The first-order valence-corrected chi connectivity index (χ1v) is 10.5. The largest absolute Gasteiger partial charge is 0.459 e. The number of carbonyl (C=O) groups excluding carboxylic acids is 1. The maximum absolute atomic E-state index is 12.3. The van der Waals surface area contributed by atoms with E-state index in [0.717, 1.165) is 40.5 Å². The van der Waals surface area contributed by atoms with Gasteiger partial charge in [0.1, 0.15) is 6.61 Å². The first kappa shape index (κ1) is 18.8. The van der Waals surface area contributed by atoms with Gasteiger partial charge in [0.25, 0.3) is 5.78 Å². The van der Waals surface area contributed by atoms with Gasteiger partial charge in [0.05, 0.1) is 17.1 Å². The van der Waals surface area contributed by atoms with Crippen LogP contribution in [0.3, 0.4) is 0 Å². The van der Waals surface area contributed by atoms with E-state index in [2.05, 4.69) is 27.0 Å². The molecule has 0 N–H and O–H groups in total. The van der Waals surface area contributed by atoms with Crippen LogP contribution in [0.5, 0.6) is 0 Å². The molecular formula is C17H21N5O2S2. The Labute approximate surface area is 160 Å². The first-order chi connectivity index (χ1) is 12.5. The van der Waals surface area contributed by atoms with E-state index in [-0.39, 0.29) is 19.0 Å². The smallest absolute Gasteiger partial charge is 0.310 e. The molecule has 0 amide bonds. The number of fused-ring (bicyclic) bond motifs is 1. The van der Waals surface area contributed by atoms with Crippen molar-refractivity contribution in [1.29, 1.82) is 0 Å². The number of carbonyl (C=O) groups is 1. The Morgan fingerprint density at radius 2 is 2.12 bits per heavy atom.